The molecule has 1 rings (SSSR count). The molecule has 0 atom stereocenters. The molecule has 0 aliphatic rings. The number of aliphatic imine (C=N–C) groups is 1. The molecule has 0 bridgehead atoms. The summed E-state index contributed by atoms with van der Waals surface area (Å²) < 4.78 is 43.0. The van der Waals surface area contributed by atoms with E-state index in [-0.39, 0.29) is 17.9 Å². The van der Waals surface area contributed by atoms with Crippen molar-refractivity contribution in [1.29, 1.82) is 0 Å². The Hall–Kier alpha value is -1.92. The van der Waals surface area contributed by atoms with E-state index in [2.05, 4.69) is 15.6 Å². The Bertz CT molecular complexity index is 507. The molecular formula is C15H22F3N3O. The lowest BCUT2D eigenvalue weighted by Crippen LogP contribution is -2.48. The predicted molar refractivity (Wildman–Crippen MR) is 81.2 cm³/mol. The largest absolute Gasteiger partial charge is 0.492 e. The Morgan fingerprint density at radius 3 is 2.45 bits per heavy atom. The lowest BCUT2D eigenvalue weighted by Gasteiger charge is -2.23. The van der Waals surface area contributed by atoms with E-state index in [9.17, 15) is 13.2 Å². The molecule has 1 aromatic carbocycles. The van der Waals surface area contributed by atoms with Crippen LogP contribution in [0.3, 0.4) is 0 Å². The quantitative estimate of drug-likeness (QED) is 0.510. The zero-order valence-electron chi connectivity index (χ0n) is 13.2. The summed E-state index contributed by atoms with van der Waals surface area (Å²) in [4.78, 5) is 4.05. The third-order valence-electron chi connectivity index (χ3n) is 2.54. The van der Waals surface area contributed by atoms with Crippen LogP contribution in [0.1, 0.15) is 26.3 Å². The first-order chi connectivity index (χ1) is 10.1. The van der Waals surface area contributed by atoms with Gasteiger partial charge in [-0.2, -0.15) is 13.2 Å². The van der Waals surface area contributed by atoms with Crippen molar-refractivity contribution in [2.75, 3.05) is 20.2 Å². The fourth-order valence-electron chi connectivity index (χ4n) is 1.63. The van der Waals surface area contributed by atoms with Gasteiger partial charge in [0.15, 0.2) is 5.96 Å². The highest BCUT2D eigenvalue weighted by molar-refractivity contribution is 5.80. The fourth-order valence-corrected chi connectivity index (χ4v) is 1.63. The third kappa shape index (κ3) is 6.69. The Labute approximate surface area is 128 Å². The van der Waals surface area contributed by atoms with Crippen LogP contribution in [0, 0.1) is 0 Å². The van der Waals surface area contributed by atoms with Crippen LogP contribution in [-0.4, -0.2) is 31.7 Å². The number of halogens is 3. The summed E-state index contributed by atoms with van der Waals surface area (Å²) in [5.41, 5.74) is -0.854. The molecule has 0 radical (unpaired) electrons. The van der Waals surface area contributed by atoms with Crippen LogP contribution in [0.25, 0.3) is 0 Å². The molecule has 0 fully saturated rings. The number of alkyl halides is 3. The molecule has 0 aromatic heterocycles. The Balaban J connectivity index is 2.45. The molecule has 124 valence electrons. The van der Waals surface area contributed by atoms with E-state index >= 15 is 0 Å². The van der Waals surface area contributed by atoms with Crippen molar-refractivity contribution in [1.82, 2.24) is 10.6 Å². The van der Waals surface area contributed by atoms with Crippen molar-refractivity contribution < 1.29 is 17.9 Å². The van der Waals surface area contributed by atoms with Crippen molar-refractivity contribution >= 4 is 5.96 Å². The van der Waals surface area contributed by atoms with Crippen LogP contribution in [-0.2, 0) is 6.18 Å². The second-order valence-electron chi connectivity index (χ2n) is 5.75. The Kier molecular flexibility index (Phi) is 6.08. The van der Waals surface area contributed by atoms with Crippen molar-refractivity contribution in [2.24, 2.45) is 4.99 Å². The zero-order valence-corrected chi connectivity index (χ0v) is 13.2. The molecule has 2 N–H and O–H groups in total. The normalized spacial score (nSPS) is 13.0. The van der Waals surface area contributed by atoms with Gasteiger partial charge in [-0.3, -0.25) is 4.99 Å². The molecule has 7 heteroatoms. The van der Waals surface area contributed by atoms with Crippen molar-refractivity contribution in [3.05, 3.63) is 29.8 Å². The summed E-state index contributed by atoms with van der Waals surface area (Å²) in [6.45, 7) is 6.65. The highest BCUT2D eigenvalue weighted by Crippen LogP contribution is 2.31. The monoisotopic (exact) mass is 317 g/mol. The van der Waals surface area contributed by atoms with Gasteiger partial charge >= 0.3 is 6.18 Å². The lowest BCUT2D eigenvalue weighted by molar-refractivity contribution is -0.137. The smallest absolute Gasteiger partial charge is 0.416 e. The summed E-state index contributed by atoms with van der Waals surface area (Å²) in [5, 5.41) is 6.20. The van der Waals surface area contributed by atoms with Crippen LogP contribution in [0.4, 0.5) is 13.2 Å². The average Bonchev–Trinajstić information content (AvgIpc) is 2.40. The SMILES string of the molecule is CN=C(NCCOc1cccc(C(F)(F)F)c1)NC(C)(C)C. The third-order valence-corrected chi connectivity index (χ3v) is 2.54. The molecule has 0 spiro atoms. The van der Waals surface area contributed by atoms with Crippen LogP contribution < -0.4 is 15.4 Å². The summed E-state index contributed by atoms with van der Waals surface area (Å²) >= 11 is 0. The molecule has 0 aliphatic heterocycles. The highest BCUT2D eigenvalue weighted by Gasteiger charge is 2.30. The topological polar surface area (TPSA) is 45.7 Å². The summed E-state index contributed by atoms with van der Waals surface area (Å²) in [5.74, 6) is 0.801. The number of benzene rings is 1. The van der Waals surface area contributed by atoms with Crippen LogP contribution in [0.5, 0.6) is 5.75 Å². The number of nitrogens with one attached hydrogen (secondary N) is 2. The highest BCUT2D eigenvalue weighted by atomic mass is 19.4. The molecule has 0 saturated carbocycles. The van der Waals surface area contributed by atoms with E-state index in [1.165, 1.54) is 12.1 Å². The number of guanidine groups is 1. The van der Waals surface area contributed by atoms with Gasteiger partial charge in [-0.1, -0.05) is 6.07 Å². The average molecular weight is 317 g/mol. The predicted octanol–water partition coefficient (Wildman–Crippen LogP) is 3.05. The lowest BCUT2D eigenvalue weighted by atomic mass is 10.1. The molecule has 4 nitrogen and oxygen atoms in total. The molecule has 0 aliphatic carbocycles. The maximum Gasteiger partial charge on any atom is 0.416 e. The Morgan fingerprint density at radius 2 is 1.91 bits per heavy atom. The van der Waals surface area contributed by atoms with E-state index < -0.39 is 11.7 Å². The summed E-state index contributed by atoms with van der Waals surface area (Å²) in [7, 11) is 1.65. The maximum atomic E-state index is 12.6. The van der Waals surface area contributed by atoms with Crippen molar-refractivity contribution in [3.63, 3.8) is 0 Å². The molecule has 0 unspecified atom stereocenters. The second-order valence-corrected chi connectivity index (χ2v) is 5.75. The standard InChI is InChI=1S/C15H22F3N3O/c1-14(2,3)21-13(19-4)20-8-9-22-12-7-5-6-11(10-12)15(16,17)18/h5-7,10H,8-9H2,1-4H3,(H2,19,20,21). The van der Waals surface area contributed by atoms with Gasteiger partial charge in [-0.15, -0.1) is 0 Å². The molecule has 22 heavy (non-hydrogen) atoms. The molecule has 0 saturated heterocycles. The van der Waals surface area contributed by atoms with Gasteiger partial charge < -0.3 is 15.4 Å². The first-order valence-corrected chi connectivity index (χ1v) is 6.91. The second kappa shape index (κ2) is 7.38. The fraction of sp³-hybridized carbons (Fsp3) is 0.533. The number of hydrogen-bond donors (Lipinski definition) is 2. The minimum absolute atomic E-state index is 0.135. The minimum Gasteiger partial charge on any atom is -0.492 e. The van der Waals surface area contributed by atoms with E-state index in [1.54, 1.807) is 7.05 Å². The van der Waals surface area contributed by atoms with Gasteiger partial charge in [0, 0.05) is 12.6 Å². The van der Waals surface area contributed by atoms with E-state index in [4.69, 9.17) is 4.74 Å². The van der Waals surface area contributed by atoms with E-state index in [0.717, 1.165) is 12.1 Å². The molecule has 1 aromatic rings. The van der Waals surface area contributed by atoms with Gasteiger partial charge in [0.1, 0.15) is 12.4 Å². The first-order valence-electron chi connectivity index (χ1n) is 6.91. The number of ether oxygens (including phenoxy) is 1. The zero-order chi connectivity index (χ0) is 16.8. The molecule has 0 amide bonds. The van der Waals surface area contributed by atoms with E-state index in [1.807, 2.05) is 20.8 Å². The van der Waals surface area contributed by atoms with Crippen LogP contribution in [0.2, 0.25) is 0 Å². The molecule has 0 heterocycles. The van der Waals surface area contributed by atoms with Gasteiger partial charge in [-0.05, 0) is 39.0 Å². The van der Waals surface area contributed by atoms with Gasteiger partial charge in [0.2, 0.25) is 0 Å². The van der Waals surface area contributed by atoms with Crippen LogP contribution in [0.15, 0.2) is 29.3 Å². The van der Waals surface area contributed by atoms with Crippen molar-refractivity contribution in [2.45, 2.75) is 32.5 Å². The number of nitrogens with zero attached hydrogens (tertiary/aromatic N) is 1. The van der Waals surface area contributed by atoms with Crippen molar-refractivity contribution in [3.8, 4) is 5.75 Å². The van der Waals surface area contributed by atoms with E-state index in [0.29, 0.717) is 12.5 Å². The number of rotatable bonds is 4. The summed E-state index contributed by atoms with van der Waals surface area (Å²) in [6.07, 6.45) is -4.36. The Morgan fingerprint density at radius 1 is 1.23 bits per heavy atom. The summed E-state index contributed by atoms with van der Waals surface area (Å²) in [6, 6.07) is 4.82. The minimum atomic E-state index is -4.36. The van der Waals surface area contributed by atoms with Crippen LogP contribution >= 0.6 is 0 Å². The number of hydrogen-bond acceptors (Lipinski definition) is 2. The first kappa shape index (κ1) is 18.1. The van der Waals surface area contributed by atoms with Gasteiger partial charge in [-0.25, -0.2) is 0 Å². The van der Waals surface area contributed by atoms with Gasteiger partial charge in [0.05, 0.1) is 12.1 Å². The van der Waals surface area contributed by atoms with Gasteiger partial charge in [0.25, 0.3) is 0 Å². The maximum absolute atomic E-state index is 12.6. The molecular weight excluding hydrogens is 295 g/mol.